The fourth-order valence-electron chi connectivity index (χ4n) is 5.22. The van der Waals surface area contributed by atoms with Crippen LogP contribution in [0.1, 0.15) is 62.0 Å². The molecule has 0 radical (unpaired) electrons. The number of fused-ring (bicyclic) bond motifs is 1. The van der Waals surface area contributed by atoms with E-state index in [2.05, 4.69) is 18.8 Å². The molecule has 0 aliphatic heterocycles. The Kier molecular flexibility index (Phi) is 8.37. The summed E-state index contributed by atoms with van der Waals surface area (Å²) < 4.78 is 1.67. The summed E-state index contributed by atoms with van der Waals surface area (Å²) in [6.45, 7) is 4.64. The molecule has 1 aliphatic carbocycles. The van der Waals surface area contributed by atoms with E-state index >= 15 is 0 Å². The first-order valence-corrected chi connectivity index (χ1v) is 13.9. The fraction of sp³-hybridized carbons (Fsp3) is 0.229. The summed E-state index contributed by atoms with van der Waals surface area (Å²) in [4.78, 5) is 35.5. The van der Waals surface area contributed by atoms with Gasteiger partial charge in [0.15, 0.2) is 0 Å². The molecule has 1 aliphatic rings. The number of allylic oxidation sites excluding steroid dienone is 4. The standard InChI is InChI=1S/C35H33N3O2/c1-3-4-25-37(35(40)32(27-17-9-7-10-18-27)28-19-11-8-12-20-28)26(2)33-36-31-24-16-15-23-30(31)34(39)38(33)29-21-13-5-6-14-22-29/h5,7-13,15-21,23-24,26,32H,3-4,22,25H2,1-2H3. The van der Waals surface area contributed by atoms with Gasteiger partial charge in [-0.3, -0.25) is 14.2 Å². The van der Waals surface area contributed by atoms with Crippen molar-refractivity contribution in [3.05, 3.63) is 130 Å². The van der Waals surface area contributed by atoms with E-state index in [1.54, 1.807) is 16.7 Å². The largest absolute Gasteiger partial charge is 0.332 e. The van der Waals surface area contributed by atoms with E-state index in [1.165, 1.54) is 0 Å². The summed E-state index contributed by atoms with van der Waals surface area (Å²) in [5.41, 5.74) is 3.08. The molecular weight excluding hydrogens is 494 g/mol. The van der Waals surface area contributed by atoms with Crippen LogP contribution in [-0.2, 0) is 4.79 Å². The van der Waals surface area contributed by atoms with Crippen LogP contribution in [-0.4, -0.2) is 26.9 Å². The first-order chi connectivity index (χ1) is 19.6. The molecule has 1 unspecified atom stereocenters. The maximum atomic E-state index is 14.6. The number of hydrogen-bond donors (Lipinski definition) is 0. The highest BCUT2D eigenvalue weighted by Gasteiger charge is 2.33. The maximum Gasteiger partial charge on any atom is 0.265 e. The van der Waals surface area contributed by atoms with Crippen molar-refractivity contribution in [3.63, 3.8) is 0 Å². The van der Waals surface area contributed by atoms with Gasteiger partial charge in [0.05, 0.1) is 29.3 Å². The van der Waals surface area contributed by atoms with Crippen LogP contribution >= 0.6 is 0 Å². The summed E-state index contributed by atoms with van der Waals surface area (Å²) in [7, 11) is 0. The minimum atomic E-state index is -0.478. The lowest BCUT2D eigenvalue weighted by molar-refractivity contribution is -0.134. The molecule has 4 aromatic rings. The lowest BCUT2D eigenvalue weighted by Gasteiger charge is -2.34. The van der Waals surface area contributed by atoms with E-state index in [0.29, 0.717) is 29.7 Å². The summed E-state index contributed by atoms with van der Waals surface area (Å²) in [5.74, 6) is 6.15. The summed E-state index contributed by atoms with van der Waals surface area (Å²) in [5, 5.41) is 0.540. The molecule has 0 saturated heterocycles. The highest BCUT2D eigenvalue weighted by atomic mass is 16.2. The predicted molar refractivity (Wildman–Crippen MR) is 162 cm³/mol. The molecule has 200 valence electrons. The minimum absolute atomic E-state index is 0.0122. The Bertz CT molecular complexity index is 1630. The van der Waals surface area contributed by atoms with E-state index < -0.39 is 12.0 Å². The zero-order valence-electron chi connectivity index (χ0n) is 23.0. The molecule has 1 atom stereocenters. The van der Waals surface area contributed by atoms with Crippen LogP contribution in [0.25, 0.3) is 16.6 Å². The number of nitrogens with zero attached hydrogens (tertiary/aromatic N) is 3. The molecule has 1 heterocycles. The average molecular weight is 528 g/mol. The topological polar surface area (TPSA) is 55.2 Å². The monoisotopic (exact) mass is 527 g/mol. The molecule has 40 heavy (non-hydrogen) atoms. The highest BCUT2D eigenvalue weighted by molar-refractivity contribution is 5.88. The van der Waals surface area contributed by atoms with Crippen molar-refractivity contribution in [2.75, 3.05) is 6.54 Å². The molecule has 0 fully saturated rings. The molecule has 0 spiro atoms. The lowest BCUT2D eigenvalue weighted by atomic mass is 9.89. The third kappa shape index (κ3) is 5.53. The third-order valence-corrected chi connectivity index (χ3v) is 7.32. The fourth-order valence-corrected chi connectivity index (χ4v) is 5.22. The van der Waals surface area contributed by atoms with Crippen LogP contribution in [0.5, 0.6) is 0 Å². The Balaban J connectivity index is 1.67. The van der Waals surface area contributed by atoms with Crippen LogP contribution in [0.4, 0.5) is 0 Å². The van der Waals surface area contributed by atoms with Crippen molar-refractivity contribution < 1.29 is 4.79 Å². The van der Waals surface area contributed by atoms with Crippen LogP contribution in [0.15, 0.2) is 108 Å². The van der Waals surface area contributed by atoms with Gasteiger partial charge in [0.25, 0.3) is 5.56 Å². The van der Waals surface area contributed by atoms with Gasteiger partial charge in [-0.15, -0.1) is 0 Å². The van der Waals surface area contributed by atoms with Crippen molar-refractivity contribution in [2.24, 2.45) is 0 Å². The van der Waals surface area contributed by atoms with Crippen molar-refractivity contribution in [2.45, 2.75) is 45.1 Å². The molecule has 5 nitrogen and oxygen atoms in total. The van der Waals surface area contributed by atoms with Crippen LogP contribution in [0, 0.1) is 11.8 Å². The quantitative estimate of drug-likeness (QED) is 0.227. The van der Waals surface area contributed by atoms with Crippen molar-refractivity contribution in [1.82, 2.24) is 14.5 Å². The molecule has 1 aromatic heterocycles. The molecule has 5 rings (SSSR count). The normalized spacial score (nSPS) is 13.3. The Hall–Kier alpha value is -4.69. The molecule has 0 N–H and O–H groups in total. The van der Waals surface area contributed by atoms with Gasteiger partial charge in [-0.25, -0.2) is 4.98 Å². The van der Waals surface area contributed by atoms with E-state index in [9.17, 15) is 9.59 Å². The second kappa shape index (κ2) is 12.4. The highest BCUT2D eigenvalue weighted by Crippen LogP contribution is 2.32. The number of benzene rings is 3. The number of hydrogen-bond acceptors (Lipinski definition) is 3. The molecule has 1 amide bonds. The van der Waals surface area contributed by atoms with Crippen molar-refractivity contribution in [1.29, 1.82) is 0 Å². The number of para-hydroxylation sites is 1. The van der Waals surface area contributed by atoms with Crippen LogP contribution in [0.2, 0.25) is 0 Å². The van der Waals surface area contributed by atoms with Gasteiger partial charge >= 0.3 is 0 Å². The van der Waals surface area contributed by atoms with E-state index in [4.69, 9.17) is 4.98 Å². The zero-order chi connectivity index (χ0) is 27.9. The number of rotatable bonds is 9. The molecule has 0 saturated carbocycles. The summed E-state index contributed by atoms with van der Waals surface area (Å²) >= 11 is 0. The zero-order valence-corrected chi connectivity index (χ0v) is 23.0. The maximum absolute atomic E-state index is 14.6. The molecule has 5 heteroatoms. The summed E-state index contributed by atoms with van der Waals surface area (Å²) in [6.07, 6.45) is 7.70. The van der Waals surface area contributed by atoms with Crippen LogP contribution < -0.4 is 5.56 Å². The van der Waals surface area contributed by atoms with Gasteiger partial charge in [-0.05, 0) is 48.8 Å². The van der Waals surface area contributed by atoms with E-state index in [0.717, 1.165) is 29.7 Å². The molecule has 0 bridgehead atoms. The molecule has 3 aromatic carbocycles. The number of carbonyl (C=O) groups excluding carboxylic acids is 1. The number of aromatic nitrogens is 2. The van der Waals surface area contributed by atoms with Gasteiger partial charge in [0, 0.05) is 12.2 Å². The first kappa shape index (κ1) is 26.9. The predicted octanol–water partition coefficient (Wildman–Crippen LogP) is 6.72. The van der Waals surface area contributed by atoms with Crippen molar-refractivity contribution in [3.8, 4) is 11.8 Å². The van der Waals surface area contributed by atoms with Gasteiger partial charge in [-0.1, -0.05) is 104 Å². The second-order valence-corrected chi connectivity index (χ2v) is 9.96. The Morgan fingerprint density at radius 3 is 2.30 bits per heavy atom. The van der Waals surface area contributed by atoms with Crippen LogP contribution in [0.3, 0.4) is 0 Å². The third-order valence-electron chi connectivity index (χ3n) is 7.32. The molecular formula is C35H33N3O2. The number of carbonyl (C=O) groups is 1. The Labute approximate surface area is 235 Å². The smallest absolute Gasteiger partial charge is 0.265 e. The second-order valence-electron chi connectivity index (χ2n) is 9.96. The summed E-state index contributed by atoms with van der Waals surface area (Å²) in [6, 6.07) is 26.7. The SMILES string of the molecule is CCCCN(C(=O)C(c1ccccc1)c1ccccc1)C(C)c1nc2ccccc2c(=O)n1C1=CC=CC#CC1. The van der Waals surface area contributed by atoms with Gasteiger partial charge < -0.3 is 4.90 Å². The van der Waals surface area contributed by atoms with Gasteiger partial charge in [-0.2, -0.15) is 0 Å². The Morgan fingerprint density at radius 2 is 1.62 bits per heavy atom. The van der Waals surface area contributed by atoms with Gasteiger partial charge in [0.2, 0.25) is 5.91 Å². The number of amides is 1. The first-order valence-electron chi connectivity index (χ1n) is 13.9. The number of unbranched alkanes of at least 4 members (excludes halogenated alkanes) is 1. The van der Waals surface area contributed by atoms with Gasteiger partial charge in [0.1, 0.15) is 5.82 Å². The lowest BCUT2D eigenvalue weighted by Crippen LogP contribution is -2.41. The van der Waals surface area contributed by atoms with Crippen molar-refractivity contribution >= 4 is 22.5 Å². The Morgan fingerprint density at radius 1 is 0.975 bits per heavy atom. The van der Waals surface area contributed by atoms with E-state index in [-0.39, 0.29) is 11.5 Å². The minimum Gasteiger partial charge on any atom is -0.332 e. The average Bonchev–Trinajstić information content (AvgIpc) is 3.28. The van der Waals surface area contributed by atoms with E-state index in [1.807, 2.05) is 103 Å².